The molecule has 1 aromatic carbocycles. The fourth-order valence-corrected chi connectivity index (χ4v) is 2.29. The van der Waals surface area contributed by atoms with Crippen LogP contribution in [0.5, 0.6) is 0 Å². The van der Waals surface area contributed by atoms with Crippen LogP contribution in [0, 0.1) is 0 Å². The molecule has 0 radical (unpaired) electrons. The van der Waals surface area contributed by atoms with Gasteiger partial charge in [0.2, 0.25) is 0 Å². The van der Waals surface area contributed by atoms with Crippen molar-refractivity contribution in [1.29, 1.82) is 0 Å². The summed E-state index contributed by atoms with van der Waals surface area (Å²) in [6.07, 6.45) is 1.40. The standard InChI is InChI=1S/C14H16N2O2/c17-13-9-18-8-12(13)16-7-11-4-1-3-10-5-2-6-15-14(10)11/h1-6,12-13,16-17H,7-9H2. The van der Waals surface area contributed by atoms with Crippen LogP contribution in [0.3, 0.4) is 0 Å². The summed E-state index contributed by atoms with van der Waals surface area (Å²) in [5, 5.41) is 14.1. The molecule has 1 aliphatic heterocycles. The van der Waals surface area contributed by atoms with Crippen LogP contribution in [0.4, 0.5) is 0 Å². The zero-order valence-electron chi connectivity index (χ0n) is 10.0. The second-order valence-corrected chi connectivity index (χ2v) is 4.58. The van der Waals surface area contributed by atoms with E-state index in [9.17, 15) is 5.11 Å². The second kappa shape index (κ2) is 5.02. The van der Waals surface area contributed by atoms with Gasteiger partial charge in [-0.05, 0) is 11.6 Å². The smallest absolute Gasteiger partial charge is 0.0948 e. The minimum absolute atomic E-state index is 0.0176. The summed E-state index contributed by atoms with van der Waals surface area (Å²) >= 11 is 0. The van der Waals surface area contributed by atoms with Crippen molar-refractivity contribution in [2.75, 3.05) is 13.2 Å². The molecule has 0 amide bonds. The molecule has 18 heavy (non-hydrogen) atoms. The Morgan fingerprint density at radius 2 is 2.17 bits per heavy atom. The maximum atomic E-state index is 9.68. The van der Waals surface area contributed by atoms with Gasteiger partial charge in [0.05, 0.1) is 30.9 Å². The van der Waals surface area contributed by atoms with Crippen molar-refractivity contribution in [2.45, 2.75) is 18.7 Å². The van der Waals surface area contributed by atoms with Gasteiger partial charge >= 0.3 is 0 Å². The van der Waals surface area contributed by atoms with E-state index in [1.807, 2.05) is 12.1 Å². The van der Waals surface area contributed by atoms with Gasteiger partial charge in [0.1, 0.15) is 0 Å². The second-order valence-electron chi connectivity index (χ2n) is 4.58. The first-order chi connectivity index (χ1) is 8.84. The van der Waals surface area contributed by atoms with Crippen molar-refractivity contribution in [2.24, 2.45) is 0 Å². The van der Waals surface area contributed by atoms with Crippen LogP contribution < -0.4 is 5.32 Å². The molecule has 2 atom stereocenters. The van der Waals surface area contributed by atoms with Crippen LogP contribution in [0.15, 0.2) is 36.5 Å². The topological polar surface area (TPSA) is 54.4 Å². The monoisotopic (exact) mass is 244 g/mol. The number of nitrogens with one attached hydrogen (secondary N) is 1. The minimum Gasteiger partial charge on any atom is -0.389 e. The summed E-state index contributed by atoms with van der Waals surface area (Å²) in [6, 6.07) is 10.2. The number of nitrogens with zero attached hydrogens (tertiary/aromatic N) is 1. The molecule has 2 unspecified atom stereocenters. The highest BCUT2D eigenvalue weighted by atomic mass is 16.5. The highest BCUT2D eigenvalue weighted by Gasteiger charge is 2.25. The number of ether oxygens (including phenoxy) is 1. The summed E-state index contributed by atoms with van der Waals surface area (Å²) < 4.78 is 5.22. The Kier molecular flexibility index (Phi) is 3.23. The Hall–Kier alpha value is -1.49. The number of aromatic nitrogens is 1. The van der Waals surface area contributed by atoms with E-state index in [-0.39, 0.29) is 6.04 Å². The third kappa shape index (κ3) is 2.22. The number of fused-ring (bicyclic) bond motifs is 1. The SMILES string of the molecule is OC1COCC1NCc1cccc2cccnc12. The molecular formula is C14H16N2O2. The quantitative estimate of drug-likeness (QED) is 0.848. The van der Waals surface area contributed by atoms with E-state index in [0.29, 0.717) is 19.8 Å². The molecule has 4 heteroatoms. The van der Waals surface area contributed by atoms with E-state index < -0.39 is 6.10 Å². The molecule has 2 N–H and O–H groups in total. The number of hydrogen-bond acceptors (Lipinski definition) is 4. The lowest BCUT2D eigenvalue weighted by molar-refractivity contribution is 0.122. The number of benzene rings is 1. The molecule has 0 saturated carbocycles. The van der Waals surface area contributed by atoms with E-state index in [2.05, 4.69) is 28.5 Å². The van der Waals surface area contributed by atoms with Crippen LogP contribution in [0.25, 0.3) is 10.9 Å². The van der Waals surface area contributed by atoms with Gasteiger partial charge in [-0.2, -0.15) is 0 Å². The van der Waals surface area contributed by atoms with Crippen molar-refractivity contribution in [3.8, 4) is 0 Å². The van der Waals surface area contributed by atoms with Gasteiger partial charge in [0.25, 0.3) is 0 Å². The summed E-state index contributed by atoms with van der Waals surface area (Å²) in [5.41, 5.74) is 2.16. The summed E-state index contributed by atoms with van der Waals surface area (Å²) in [7, 11) is 0. The number of aliphatic hydroxyl groups excluding tert-OH is 1. The fourth-order valence-electron chi connectivity index (χ4n) is 2.29. The van der Waals surface area contributed by atoms with Gasteiger partial charge in [0, 0.05) is 18.1 Å². The van der Waals surface area contributed by atoms with E-state index in [0.717, 1.165) is 16.5 Å². The van der Waals surface area contributed by atoms with Crippen molar-refractivity contribution in [1.82, 2.24) is 10.3 Å². The van der Waals surface area contributed by atoms with Crippen LogP contribution in [-0.4, -0.2) is 35.5 Å². The number of pyridine rings is 1. The van der Waals surface area contributed by atoms with Crippen LogP contribution in [-0.2, 0) is 11.3 Å². The molecule has 1 saturated heterocycles. The molecule has 1 fully saturated rings. The van der Waals surface area contributed by atoms with Crippen molar-refractivity contribution in [3.63, 3.8) is 0 Å². The predicted molar refractivity (Wildman–Crippen MR) is 69.2 cm³/mol. The van der Waals surface area contributed by atoms with Crippen LogP contribution >= 0.6 is 0 Å². The lowest BCUT2D eigenvalue weighted by atomic mass is 10.1. The third-order valence-electron chi connectivity index (χ3n) is 3.32. The summed E-state index contributed by atoms with van der Waals surface area (Å²) in [5.74, 6) is 0. The van der Waals surface area contributed by atoms with Crippen molar-refractivity contribution >= 4 is 10.9 Å². The van der Waals surface area contributed by atoms with Crippen molar-refractivity contribution in [3.05, 3.63) is 42.1 Å². The highest BCUT2D eigenvalue weighted by Crippen LogP contribution is 2.16. The van der Waals surface area contributed by atoms with Gasteiger partial charge in [0.15, 0.2) is 0 Å². The first-order valence-corrected chi connectivity index (χ1v) is 6.16. The molecule has 94 valence electrons. The minimum atomic E-state index is -0.409. The molecule has 1 aliphatic rings. The molecule has 4 nitrogen and oxygen atoms in total. The lowest BCUT2D eigenvalue weighted by Gasteiger charge is -2.15. The molecule has 1 aromatic heterocycles. The Labute approximate surface area is 106 Å². The largest absolute Gasteiger partial charge is 0.389 e. The third-order valence-corrected chi connectivity index (χ3v) is 3.32. The average Bonchev–Trinajstić information content (AvgIpc) is 2.82. The number of hydrogen-bond donors (Lipinski definition) is 2. The molecule has 2 aromatic rings. The van der Waals surface area contributed by atoms with Crippen molar-refractivity contribution < 1.29 is 9.84 Å². The Morgan fingerprint density at radius 3 is 3.00 bits per heavy atom. The molecule has 0 spiro atoms. The van der Waals surface area contributed by atoms with E-state index in [1.54, 1.807) is 6.20 Å². The van der Waals surface area contributed by atoms with Gasteiger partial charge in [-0.25, -0.2) is 0 Å². The average molecular weight is 244 g/mol. The van der Waals surface area contributed by atoms with Gasteiger partial charge in [-0.1, -0.05) is 24.3 Å². The normalized spacial score (nSPS) is 23.6. The van der Waals surface area contributed by atoms with E-state index >= 15 is 0 Å². The van der Waals surface area contributed by atoms with Gasteiger partial charge in [-0.15, -0.1) is 0 Å². The Bertz CT molecular complexity index is 539. The fraction of sp³-hybridized carbons (Fsp3) is 0.357. The number of para-hydroxylation sites is 1. The van der Waals surface area contributed by atoms with Crippen LogP contribution in [0.1, 0.15) is 5.56 Å². The van der Waals surface area contributed by atoms with Gasteiger partial charge in [-0.3, -0.25) is 4.98 Å². The molecule has 0 aliphatic carbocycles. The highest BCUT2D eigenvalue weighted by molar-refractivity contribution is 5.81. The first-order valence-electron chi connectivity index (χ1n) is 6.16. The summed E-state index contributed by atoms with van der Waals surface area (Å²) in [6.45, 7) is 1.68. The molecule has 2 heterocycles. The maximum absolute atomic E-state index is 9.68. The van der Waals surface area contributed by atoms with E-state index in [4.69, 9.17) is 4.74 Å². The predicted octanol–water partition coefficient (Wildman–Crippen LogP) is 1.08. The number of aliphatic hydroxyl groups is 1. The van der Waals surface area contributed by atoms with Crippen LogP contribution in [0.2, 0.25) is 0 Å². The first kappa shape index (κ1) is 11.6. The zero-order valence-corrected chi connectivity index (χ0v) is 10.0. The Balaban J connectivity index is 1.78. The molecule has 0 bridgehead atoms. The Morgan fingerprint density at radius 1 is 1.28 bits per heavy atom. The van der Waals surface area contributed by atoms with Gasteiger partial charge < -0.3 is 15.2 Å². The zero-order chi connectivity index (χ0) is 12.4. The molecular weight excluding hydrogens is 228 g/mol. The molecule has 3 rings (SSSR count). The maximum Gasteiger partial charge on any atom is 0.0948 e. The summed E-state index contributed by atoms with van der Waals surface area (Å²) in [4.78, 5) is 4.41. The number of rotatable bonds is 3. The van der Waals surface area contributed by atoms with E-state index in [1.165, 1.54) is 0 Å². The lowest BCUT2D eigenvalue weighted by Crippen LogP contribution is -2.38.